The Morgan fingerprint density at radius 1 is 0.921 bits per heavy atom. The van der Waals surface area contributed by atoms with E-state index < -0.39 is 7.12 Å². The van der Waals surface area contributed by atoms with Gasteiger partial charge in [0, 0.05) is 6.54 Å². The maximum absolute atomic E-state index is 8.65. The average molecular weight is 541 g/mol. The molecule has 1 saturated carbocycles. The van der Waals surface area contributed by atoms with Crippen LogP contribution in [0.5, 0.6) is 0 Å². The second kappa shape index (κ2) is 18.1. The van der Waals surface area contributed by atoms with Crippen molar-refractivity contribution in [2.24, 2.45) is 16.7 Å². The summed E-state index contributed by atoms with van der Waals surface area (Å²) in [7, 11) is -1.13. The van der Waals surface area contributed by atoms with Crippen molar-refractivity contribution in [3.63, 3.8) is 0 Å². The molecular weight excluding hydrogens is 488 g/mol. The van der Waals surface area contributed by atoms with Crippen molar-refractivity contribution in [2.75, 3.05) is 13.1 Å². The highest BCUT2D eigenvalue weighted by molar-refractivity contribution is 6.45. The molecule has 2 saturated heterocycles. The standard InChI is InChI=1S/C16H31BO2.C8H18BNO2.2CO2.CH4/c1-13-9-7-10-16(13,6)11-8-12-17-18-14(2,3)15(4,5)19-17;1-8(4-6-10-7-8)3-2-5-9(11)12;2*2-1-3;/h13H,7-12H2,1-6H3;10-12H,2-7H2,1H3;;;1H4/t13-,16-;8-;;;/m01.../s1. The summed E-state index contributed by atoms with van der Waals surface area (Å²) in [6.07, 6.45) is 12.0. The van der Waals surface area contributed by atoms with Gasteiger partial charge in [-0.25, -0.2) is 0 Å². The molecule has 2 aliphatic heterocycles. The molecule has 3 aliphatic rings. The Bertz CT molecular complexity index is 688. The first-order valence-corrected chi connectivity index (χ1v) is 13.5. The fraction of sp³-hybridized carbons (Fsp3) is 0.926. The van der Waals surface area contributed by atoms with E-state index in [1.165, 1.54) is 38.5 Å². The van der Waals surface area contributed by atoms with Crippen LogP contribution in [0.4, 0.5) is 0 Å². The van der Waals surface area contributed by atoms with E-state index in [1.54, 1.807) is 0 Å². The maximum Gasteiger partial charge on any atom is 0.457 e. The first-order valence-electron chi connectivity index (χ1n) is 13.5. The number of hydrogen-bond acceptors (Lipinski definition) is 9. The molecule has 2 heterocycles. The highest BCUT2D eigenvalue weighted by Crippen LogP contribution is 2.47. The summed E-state index contributed by atoms with van der Waals surface area (Å²) in [5, 5.41) is 20.6. The Balaban J connectivity index is 0. The summed E-state index contributed by atoms with van der Waals surface area (Å²) >= 11 is 0. The van der Waals surface area contributed by atoms with Crippen LogP contribution in [0.25, 0.3) is 0 Å². The molecule has 3 rings (SSSR count). The Morgan fingerprint density at radius 2 is 1.45 bits per heavy atom. The van der Waals surface area contributed by atoms with Crippen LogP contribution in [-0.2, 0) is 28.5 Å². The van der Waals surface area contributed by atoms with Gasteiger partial charge >= 0.3 is 26.5 Å². The van der Waals surface area contributed by atoms with E-state index in [0.717, 1.165) is 38.2 Å². The molecule has 0 aromatic rings. The van der Waals surface area contributed by atoms with Crippen LogP contribution < -0.4 is 5.32 Å². The monoisotopic (exact) mass is 541 g/mol. The second-order valence-electron chi connectivity index (χ2n) is 12.3. The van der Waals surface area contributed by atoms with Crippen LogP contribution >= 0.6 is 0 Å². The highest BCUT2D eigenvalue weighted by Gasteiger charge is 2.50. The van der Waals surface area contributed by atoms with E-state index in [4.69, 9.17) is 38.5 Å². The molecule has 0 aromatic heterocycles. The van der Waals surface area contributed by atoms with Gasteiger partial charge in [-0.05, 0) is 89.3 Å². The van der Waals surface area contributed by atoms with Crippen LogP contribution in [0.3, 0.4) is 0 Å². The molecule has 3 N–H and O–H groups in total. The first-order chi connectivity index (χ1) is 17.1. The van der Waals surface area contributed by atoms with Crippen LogP contribution in [0.15, 0.2) is 0 Å². The summed E-state index contributed by atoms with van der Waals surface area (Å²) in [5.74, 6) is 0.880. The van der Waals surface area contributed by atoms with E-state index in [1.807, 2.05) is 0 Å². The predicted octanol–water partition coefficient (Wildman–Crippen LogP) is 4.39. The summed E-state index contributed by atoms with van der Waals surface area (Å²) in [6.45, 7) is 17.9. The number of hydrogen-bond donors (Lipinski definition) is 3. The largest absolute Gasteiger partial charge is 0.457 e. The van der Waals surface area contributed by atoms with Crippen molar-refractivity contribution in [2.45, 2.75) is 131 Å². The zero-order chi connectivity index (χ0) is 28.8. The normalized spacial score (nSPS) is 28.1. The predicted molar refractivity (Wildman–Crippen MR) is 148 cm³/mol. The Hall–Kier alpha value is -1.31. The van der Waals surface area contributed by atoms with E-state index in [2.05, 4.69) is 53.8 Å². The Labute approximate surface area is 231 Å². The van der Waals surface area contributed by atoms with Crippen LogP contribution in [-0.4, -0.2) is 60.9 Å². The van der Waals surface area contributed by atoms with Gasteiger partial charge in [-0.2, -0.15) is 19.2 Å². The quantitative estimate of drug-likeness (QED) is 0.382. The lowest BCUT2D eigenvalue weighted by Crippen LogP contribution is -2.41. The molecule has 0 bridgehead atoms. The van der Waals surface area contributed by atoms with Crippen LogP contribution in [0, 0.1) is 16.7 Å². The highest BCUT2D eigenvalue weighted by atomic mass is 16.7. The molecule has 3 fully saturated rings. The van der Waals surface area contributed by atoms with Gasteiger partial charge in [0.1, 0.15) is 0 Å². The van der Waals surface area contributed by atoms with Gasteiger partial charge in [0.05, 0.1) is 11.2 Å². The molecule has 0 radical (unpaired) electrons. The molecule has 0 aromatic carbocycles. The molecular formula is C27H53B2NO8. The van der Waals surface area contributed by atoms with Crippen molar-refractivity contribution in [3.8, 4) is 0 Å². The second-order valence-corrected chi connectivity index (χ2v) is 12.3. The molecule has 11 heteroatoms. The van der Waals surface area contributed by atoms with Crippen LogP contribution in [0.2, 0.25) is 12.6 Å². The average Bonchev–Trinajstić information content (AvgIpc) is 3.40. The summed E-state index contributed by atoms with van der Waals surface area (Å²) in [5.41, 5.74) is 0.600. The summed E-state index contributed by atoms with van der Waals surface area (Å²) in [4.78, 5) is 32.5. The minimum atomic E-state index is -1.12. The Morgan fingerprint density at radius 3 is 1.84 bits per heavy atom. The maximum atomic E-state index is 8.65. The minimum absolute atomic E-state index is 0. The molecule has 9 nitrogen and oxygen atoms in total. The van der Waals surface area contributed by atoms with Gasteiger partial charge in [-0.1, -0.05) is 53.9 Å². The van der Waals surface area contributed by atoms with Gasteiger partial charge in [-0.3, -0.25) is 0 Å². The fourth-order valence-corrected chi connectivity index (χ4v) is 5.33. The lowest BCUT2D eigenvalue weighted by molar-refractivity contribution is -0.193. The molecule has 1 aliphatic carbocycles. The van der Waals surface area contributed by atoms with Crippen molar-refractivity contribution in [1.29, 1.82) is 0 Å². The fourth-order valence-electron chi connectivity index (χ4n) is 5.33. The van der Waals surface area contributed by atoms with Crippen molar-refractivity contribution < 1.29 is 38.5 Å². The third kappa shape index (κ3) is 13.7. The van der Waals surface area contributed by atoms with E-state index >= 15 is 0 Å². The van der Waals surface area contributed by atoms with E-state index in [0.29, 0.717) is 17.2 Å². The van der Waals surface area contributed by atoms with Gasteiger partial charge in [0.2, 0.25) is 0 Å². The number of rotatable bonds is 8. The van der Waals surface area contributed by atoms with Crippen molar-refractivity contribution in [3.05, 3.63) is 0 Å². The molecule has 3 atom stereocenters. The van der Waals surface area contributed by atoms with E-state index in [-0.39, 0.29) is 38.1 Å². The van der Waals surface area contributed by atoms with Crippen molar-refractivity contribution in [1.82, 2.24) is 5.32 Å². The Kier molecular flexibility index (Phi) is 18.5. The third-order valence-corrected chi connectivity index (χ3v) is 8.76. The molecule has 0 unspecified atom stereocenters. The third-order valence-electron chi connectivity index (χ3n) is 8.76. The lowest BCUT2D eigenvalue weighted by Gasteiger charge is -2.32. The topological polar surface area (TPSA) is 139 Å². The van der Waals surface area contributed by atoms with Crippen LogP contribution in [0.1, 0.15) is 107 Å². The van der Waals surface area contributed by atoms with Crippen molar-refractivity contribution >= 4 is 26.5 Å². The zero-order valence-electron chi connectivity index (χ0n) is 24.1. The number of carbonyl (C=O) groups excluding carboxylic acids is 4. The molecule has 220 valence electrons. The zero-order valence-corrected chi connectivity index (χ0v) is 24.1. The smallest absolute Gasteiger partial charge is 0.427 e. The molecule has 38 heavy (non-hydrogen) atoms. The lowest BCUT2D eigenvalue weighted by atomic mass is 9.73. The van der Waals surface area contributed by atoms with Gasteiger partial charge in [0.25, 0.3) is 0 Å². The van der Waals surface area contributed by atoms with Gasteiger partial charge < -0.3 is 24.7 Å². The van der Waals surface area contributed by atoms with E-state index in [9.17, 15) is 0 Å². The summed E-state index contributed by atoms with van der Waals surface area (Å²) in [6, 6.07) is 0. The minimum Gasteiger partial charge on any atom is -0.427 e. The molecule has 0 spiro atoms. The molecule has 0 amide bonds. The van der Waals surface area contributed by atoms with Gasteiger partial charge in [0.15, 0.2) is 0 Å². The SMILES string of the molecule is C.C[C@@]1(CCCB(O)O)CCNC1.C[C@H]1CCC[C@@]1(C)CCCB1OC(C)(C)C(C)(C)O1.O=C=O.O=C=O. The first kappa shape index (κ1) is 38.8. The van der Waals surface area contributed by atoms with Gasteiger partial charge in [-0.15, -0.1) is 0 Å². The number of nitrogens with one attached hydrogen (secondary N) is 1. The summed E-state index contributed by atoms with van der Waals surface area (Å²) < 4.78 is 12.1.